The van der Waals surface area contributed by atoms with Gasteiger partial charge in [0.1, 0.15) is 0 Å². The van der Waals surface area contributed by atoms with E-state index in [1.807, 2.05) is 6.07 Å². The van der Waals surface area contributed by atoms with Crippen LogP contribution < -0.4 is 5.32 Å². The largest absolute Gasteiger partial charge is 0.310 e. The standard InChI is InChI=1S/C13H19NOS/c1-3-7-14-12-6-8-16(15)13-5-4-10(2)9-11(12)13/h4-5,9,12,14H,3,6-8H2,1-2H3. The molecule has 0 aliphatic carbocycles. The molecule has 2 rings (SSSR count). The Balaban J connectivity index is 2.30. The zero-order chi connectivity index (χ0) is 11.5. The van der Waals surface area contributed by atoms with Gasteiger partial charge in [-0.3, -0.25) is 4.21 Å². The van der Waals surface area contributed by atoms with Gasteiger partial charge in [0, 0.05) is 16.7 Å². The van der Waals surface area contributed by atoms with E-state index in [0.717, 1.165) is 30.0 Å². The SMILES string of the molecule is CCCNC1CCS(=O)c2ccc(C)cc21. The summed E-state index contributed by atoms with van der Waals surface area (Å²) in [6, 6.07) is 6.66. The van der Waals surface area contributed by atoms with E-state index < -0.39 is 10.8 Å². The molecule has 0 saturated carbocycles. The third-order valence-corrected chi connectivity index (χ3v) is 4.49. The zero-order valence-electron chi connectivity index (χ0n) is 9.95. The van der Waals surface area contributed by atoms with Crippen molar-refractivity contribution in [2.45, 2.75) is 37.6 Å². The van der Waals surface area contributed by atoms with Crippen molar-refractivity contribution in [1.82, 2.24) is 5.32 Å². The molecule has 0 fully saturated rings. The van der Waals surface area contributed by atoms with Crippen LogP contribution in [0, 0.1) is 6.92 Å². The highest BCUT2D eigenvalue weighted by atomic mass is 32.2. The van der Waals surface area contributed by atoms with Gasteiger partial charge in [0.25, 0.3) is 0 Å². The number of rotatable bonds is 3. The highest BCUT2D eigenvalue weighted by Gasteiger charge is 2.23. The smallest absolute Gasteiger partial charge is 0.0533 e. The predicted molar refractivity (Wildman–Crippen MR) is 68.1 cm³/mol. The number of nitrogens with one attached hydrogen (secondary N) is 1. The van der Waals surface area contributed by atoms with Crippen LogP contribution in [-0.2, 0) is 10.8 Å². The third-order valence-electron chi connectivity index (χ3n) is 3.02. The summed E-state index contributed by atoms with van der Waals surface area (Å²) in [6.07, 6.45) is 2.13. The lowest BCUT2D eigenvalue weighted by Crippen LogP contribution is -2.28. The number of benzene rings is 1. The minimum absolute atomic E-state index is 0.396. The van der Waals surface area contributed by atoms with Crippen molar-refractivity contribution in [3.05, 3.63) is 29.3 Å². The molecule has 0 amide bonds. The molecule has 0 bridgehead atoms. The fourth-order valence-electron chi connectivity index (χ4n) is 2.17. The highest BCUT2D eigenvalue weighted by molar-refractivity contribution is 7.85. The summed E-state index contributed by atoms with van der Waals surface area (Å²) in [7, 11) is -0.790. The number of fused-ring (bicyclic) bond motifs is 1. The molecule has 3 heteroatoms. The summed E-state index contributed by atoms with van der Waals surface area (Å²) in [5.41, 5.74) is 2.50. The first-order valence-electron chi connectivity index (χ1n) is 5.94. The first-order chi connectivity index (χ1) is 7.72. The molecule has 88 valence electrons. The molecule has 2 atom stereocenters. The quantitative estimate of drug-likeness (QED) is 0.875. The van der Waals surface area contributed by atoms with Crippen LogP contribution in [0.15, 0.2) is 23.1 Å². The molecule has 0 spiro atoms. The fourth-order valence-corrected chi connectivity index (χ4v) is 3.52. The Hall–Kier alpha value is -0.670. The van der Waals surface area contributed by atoms with E-state index in [2.05, 4.69) is 31.3 Å². The topological polar surface area (TPSA) is 29.1 Å². The van der Waals surface area contributed by atoms with Gasteiger partial charge in [-0.1, -0.05) is 24.6 Å². The Morgan fingerprint density at radius 3 is 3.06 bits per heavy atom. The average molecular weight is 237 g/mol. The van der Waals surface area contributed by atoms with E-state index in [0.29, 0.717) is 6.04 Å². The maximum atomic E-state index is 11.9. The van der Waals surface area contributed by atoms with E-state index in [4.69, 9.17) is 0 Å². The van der Waals surface area contributed by atoms with Crippen molar-refractivity contribution >= 4 is 10.8 Å². The van der Waals surface area contributed by atoms with Crippen LogP contribution >= 0.6 is 0 Å². The Labute approximate surface area is 99.9 Å². The molecule has 1 aromatic carbocycles. The van der Waals surface area contributed by atoms with Gasteiger partial charge >= 0.3 is 0 Å². The van der Waals surface area contributed by atoms with Crippen LogP contribution in [0.3, 0.4) is 0 Å². The first kappa shape index (κ1) is 11.8. The van der Waals surface area contributed by atoms with E-state index in [1.165, 1.54) is 11.1 Å². The van der Waals surface area contributed by atoms with Gasteiger partial charge in [0.15, 0.2) is 0 Å². The fraction of sp³-hybridized carbons (Fsp3) is 0.538. The van der Waals surface area contributed by atoms with Crippen molar-refractivity contribution in [2.24, 2.45) is 0 Å². The molecular weight excluding hydrogens is 218 g/mol. The first-order valence-corrected chi connectivity index (χ1v) is 7.26. The highest BCUT2D eigenvalue weighted by Crippen LogP contribution is 2.30. The summed E-state index contributed by atoms with van der Waals surface area (Å²) in [4.78, 5) is 1.03. The van der Waals surface area contributed by atoms with E-state index in [-0.39, 0.29) is 0 Å². The van der Waals surface area contributed by atoms with E-state index in [1.54, 1.807) is 0 Å². The van der Waals surface area contributed by atoms with Gasteiger partial charge in [-0.05, 0) is 37.9 Å². The second kappa shape index (κ2) is 5.11. The van der Waals surface area contributed by atoms with Crippen LogP contribution in [0.25, 0.3) is 0 Å². The second-order valence-corrected chi connectivity index (χ2v) is 5.93. The summed E-state index contributed by atoms with van der Waals surface area (Å²) >= 11 is 0. The Morgan fingerprint density at radius 2 is 2.31 bits per heavy atom. The number of hydrogen-bond acceptors (Lipinski definition) is 2. The number of aryl methyl sites for hydroxylation is 1. The molecule has 0 saturated heterocycles. The third kappa shape index (κ3) is 2.36. The molecule has 2 unspecified atom stereocenters. The molecule has 0 aromatic heterocycles. The minimum Gasteiger partial charge on any atom is -0.310 e. The van der Waals surface area contributed by atoms with Crippen molar-refractivity contribution in [1.29, 1.82) is 0 Å². The van der Waals surface area contributed by atoms with Crippen molar-refractivity contribution in [3.8, 4) is 0 Å². The monoisotopic (exact) mass is 237 g/mol. The average Bonchev–Trinajstić information content (AvgIpc) is 2.28. The summed E-state index contributed by atoms with van der Waals surface area (Å²) in [5, 5.41) is 3.54. The minimum atomic E-state index is -0.790. The van der Waals surface area contributed by atoms with Crippen molar-refractivity contribution in [2.75, 3.05) is 12.3 Å². The zero-order valence-corrected chi connectivity index (χ0v) is 10.8. The van der Waals surface area contributed by atoms with Gasteiger partial charge in [-0.15, -0.1) is 0 Å². The molecule has 1 aromatic rings. The predicted octanol–water partition coefficient (Wildman–Crippen LogP) is 2.55. The molecular formula is C13H19NOS. The molecule has 0 radical (unpaired) electrons. The lowest BCUT2D eigenvalue weighted by Gasteiger charge is -2.26. The van der Waals surface area contributed by atoms with Crippen LogP contribution in [0.2, 0.25) is 0 Å². The van der Waals surface area contributed by atoms with Crippen molar-refractivity contribution in [3.63, 3.8) is 0 Å². The van der Waals surface area contributed by atoms with Crippen molar-refractivity contribution < 1.29 is 4.21 Å². The second-order valence-electron chi connectivity index (χ2n) is 4.39. The van der Waals surface area contributed by atoms with Gasteiger partial charge in [-0.2, -0.15) is 0 Å². The van der Waals surface area contributed by atoms with Gasteiger partial charge < -0.3 is 5.32 Å². The van der Waals surface area contributed by atoms with Crippen LogP contribution in [0.5, 0.6) is 0 Å². The molecule has 1 heterocycles. The van der Waals surface area contributed by atoms with Gasteiger partial charge in [-0.25, -0.2) is 0 Å². The molecule has 2 nitrogen and oxygen atoms in total. The van der Waals surface area contributed by atoms with Crippen LogP contribution in [-0.4, -0.2) is 16.5 Å². The molecule has 16 heavy (non-hydrogen) atoms. The lowest BCUT2D eigenvalue weighted by molar-refractivity contribution is 0.504. The molecule has 1 aliphatic rings. The summed E-state index contributed by atoms with van der Waals surface area (Å²) in [5.74, 6) is 0.789. The Kier molecular flexibility index (Phi) is 3.77. The van der Waals surface area contributed by atoms with Crippen LogP contribution in [0.1, 0.15) is 36.9 Å². The lowest BCUT2D eigenvalue weighted by atomic mass is 10.0. The van der Waals surface area contributed by atoms with Crippen LogP contribution in [0.4, 0.5) is 0 Å². The maximum Gasteiger partial charge on any atom is 0.0533 e. The van der Waals surface area contributed by atoms with E-state index in [9.17, 15) is 4.21 Å². The Bertz CT molecular complexity index is 403. The van der Waals surface area contributed by atoms with Gasteiger partial charge in [0.2, 0.25) is 0 Å². The molecule has 1 aliphatic heterocycles. The number of hydrogen-bond donors (Lipinski definition) is 1. The maximum absolute atomic E-state index is 11.9. The normalized spacial score (nSPS) is 24.1. The molecule has 1 N–H and O–H groups in total. The van der Waals surface area contributed by atoms with Gasteiger partial charge in [0.05, 0.1) is 10.8 Å². The summed E-state index contributed by atoms with van der Waals surface area (Å²) in [6.45, 7) is 5.30. The Morgan fingerprint density at radius 1 is 1.50 bits per heavy atom. The summed E-state index contributed by atoms with van der Waals surface area (Å²) < 4.78 is 11.9. The van der Waals surface area contributed by atoms with E-state index >= 15 is 0 Å².